The standard InChI is InChI=1S/C24H27ClN4O2/c1-4-28(5-2)21(18-9-7-6-8-10-18)16-26-24(31)23-22(30)15-17(3)29(27-23)20-13-11-19(25)12-14-20/h6-15,21H,4-5,16H2,1-3H3,(H,26,31)/t21-/m0/s1. The number of aromatic nitrogens is 2. The van der Waals surface area contributed by atoms with Crippen molar-refractivity contribution in [3.8, 4) is 5.69 Å². The first-order valence-electron chi connectivity index (χ1n) is 10.4. The van der Waals surface area contributed by atoms with E-state index in [1.54, 1.807) is 35.9 Å². The molecule has 1 aromatic heterocycles. The maximum absolute atomic E-state index is 12.9. The topological polar surface area (TPSA) is 67.2 Å². The Bertz CT molecular complexity index is 1080. The van der Waals surface area contributed by atoms with Crippen LogP contribution in [-0.2, 0) is 0 Å². The number of nitrogens with zero attached hydrogens (tertiary/aromatic N) is 3. The third-order valence-electron chi connectivity index (χ3n) is 5.29. The molecule has 1 atom stereocenters. The normalized spacial score (nSPS) is 12.0. The van der Waals surface area contributed by atoms with Crippen LogP contribution in [0.25, 0.3) is 5.69 Å². The highest BCUT2D eigenvalue weighted by Crippen LogP contribution is 2.19. The van der Waals surface area contributed by atoms with Gasteiger partial charge >= 0.3 is 0 Å². The van der Waals surface area contributed by atoms with Crippen molar-refractivity contribution in [2.24, 2.45) is 0 Å². The summed E-state index contributed by atoms with van der Waals surface area (Å²) in [5.74, 6) is -0.485. The lowest BCUT2D eigenvalue weighted by Gasteiger charge is -2.30. The van der Waals surface area contributed by atoms with Gasteiger partial charge in [0.1, 0.15) is 0 Å². The summed E-state index contributed by atoms with van der Waals surface area (Å²) in [4.78, 5) is 27.7. The summed E-state index contributed by atoms with van der Waals surface area (Å²) in [6, 6.07) is 18.5. The van der Waals surface area contributed by atoms with E-state index in [0.29, 0.717) is 17.3 Å². The number of hydrogen-bond acceptors (Lipinski definition) is 4. The summed E-state index contributed by atoms with van der Waals surface area (Å²) in [5.41, 5.74) is 1.93. The molecule has 1 heterocycles. The third-order valence-corrected chi connectivity index (χ3v) is 5.54. The summed E-state index contributed by atoms with van der Waals surface area (Å²) in [7, 11) is 0. The van der Waals surface area contributed by atoms with Gasteiger partial charge in [0.15, 0.2) is 5.69 Å². The molecule has 6 nitrogen and oxygen atoms in total. The molecule has 162 valence electrons. The summed E-state index contributed by atoms with van der Waals surface area (Å²) in [6.07, 6.45) is 0. The molecule has 0 aliphatic heterocycles. The second-order valence-electron chi connectivity index (χ2n) is 7.24. The molecule has 7 heteroatoms. The first kappa shape index (κ1) is 22.7. The fourth-order valence-electron chi connectivity index (χ4n) is 3.62. The van der Waals surface area contributed by atoms with Gasteiger partial charge in [-0.05, 0) is 49.8 Å². The molecule has 0 aliphatic rings. The fraction of sp³-hybridized carbons (Fsp3) is 0.292. The van der Waals surface area contributed by atoms with Gasteiger partial charge in [0.25, 0.3) is 5.91 Å². The predicted octanol–water partition coefficient (Wildman–Crippen LogP) is 4.01. The number of aryl methyl sites for hydroxylation is 1. The molecule has 0 bridgehead atoms. The molecule has 0 unspecified atom stereocenters. The molecular weight excluding hydrogens is 412 g/mol. The number of carbonyl (C=O) groups excluding carboxylic acids is 1. The molecule has 0 aliphatic carbocycles. The van der Waals surface area contributed by atoms with E-state index in [1.807, 2.05) is 30.3 Å². The third kappa shape index (κ3) is 5.40. The fourth-order valence-corrected chi connectivity index (χ4v) is 3.74. The van der Waals surface area contributed by atoms with Crippen LogP contribution in [0.15, 0.2) is 65.5 Å². The Kier molecular flexibility index (Phi) is 7.60. The minimum absolute atomic E-state index is 0.00379. The second-order valence-corrected chi connectivity index (χ2v) is 7.68. The Hall–Kier alpha value is -2.96. The number of hydrogen-bond donors (Lipinski definition) is 1. The van der Waals surface area contributed by atoms with Gasteiger partial charge in [-0.2, -0.15) is 5.10 Å². The molecule has 0 spiro atoms. The molecule has 1 amide bonds. The van der Waals surface area contributed by atoms with Crippen LogP contribution in [0.3, 0.4) is 0 Å². The van der Waals surface area contributed by atoms with Crippen LogP contribution in [0.5, 0.6) is 0 Å². The van der Waals surface area contributed by atoms with Crippen molar-refractivity contribution < 1.29 is 4.79 Å². The zero-order valence-corrected chi connectivity index (χ0v) is 18.8. The van der Waals surface area contributed by atoms with Gasteiger partial charge in [-0.3, -0.25) is 14.5 Å². The lowest BCUT2D eigenvalue weighted by molar-refractivity contribution is 0.0927. The van der Waals surface area contributed by atoms with Gasteiger partial charge in [-0.25, -0.2) is 4.68 Å². The number of rotatable bonds is 8. The first-order valence-corrected chi connectivity index (χ1v) is 10.8. The Labute approximate surface area is 187 Å². The van der Waals surface area contributed by atoms with Crippen LogP contribution in [0.1, 0.15) is 41.6 Å². The van der Waals surface area contributed by atoms with Crippen LogP contribution >= 0.6 is 11.6 Å². The SMILES string of the molecule is CCN(CC)[C@@H](CNC(=O)c1nn(-c2ccc(Cl)cc2)c(C)cc1=O)c1ccccc1. The van der Waals surface area contributed by atoms with Gasteiger partial charge < -0.3 is 5.32 Å². The minimum Gasteiger partial charge on any atom is -0.349 e. The molecule has 2 aromatic carbocycles. The summed E-state index contributed by atoms with van der Waals surface area (Å²) < 4.78 is 1.58. The summed E-state index contributed by atoms with van der Waals surface area (Å²) in [6.45, 7) is 8.02. The Morgan fingerprint density at radius 2 is 1.74 bits per heavy atom. The molecule has 3 rings (SSSR count). The lowest BCUT2D eigenvalue weighted by atomic mass is 10.0. The molecule has 0 saturated carbocycles. The van der Waals surface area contributed by atoms with Gasteiger partial charge in [0.05, 0.1) is 11.7 Å². The molecule has 0 saturated heterocycles. The van der Waals surface area contributed by atoms with Crippen LogP contribution in [0.4, 0.5) is 0 Å². The van der Waals surface area contributed by atoms with Crippen LogP contribution in [0.2, 0.25) is 5.02 Å². The number of carbonyl (C=O) groups is 1. The monoisotopic (exact) mass is 438 g/mol. The number of halogens is 1. The molecule has 0 radical (unpaired) electrons. The molecule has 0 fully saturated rings. The Balaban J connectivity index is 1.86. The maximum Gasteiger partial charge on any atom is 0.275 e. The minimum atomic E-state index is -0.485. The number of likely N-dealkylation sites (N-methyl/N-ethyl adjacent to an activating group) is 1. The van der Waals surface area contributed by atoms with Gasteiger partial charge in [0, 0.05) is 23.3 Å². The van der Waals surface area contributed by atoms with E-state index in [-0.39, 0.29) is 11.7 Å². The Morgan fingerprint density at radius 1 is 1.10 bits per heavy atom. The van der Waals surface area contributed by atoms with Crippen LogP contribution < -0.4 is 10.7 Å². The van der Waals surface area contributed by atoms with Gasteiger partial charge in [-0.15, -0.1) is 0 Å². The lowest BCUT2D eigenvalue weighted by Crippen LogP contribution is -2.40. The van der Waals surface area contributed by atoms with Crippen molar-refractivity contribution in [2.75, 3.05) is 19.6 Å². The smallest absolute Gasteiger partial charge is 0.275 e. The van der Waals surface area contributed by atoms with E-state index < -0.39 is 11.3 Å². The van der Waals surface area contributed by atoms with E-state index in [9.17, 15) is 9.59 Å². The van der Waals surface area contributed by atoms with Crippen molar-refractivity contribution in [1.29, 1.82) is 0 Å². The summed E-state index contributed by atoms with van der Waals surface area (Å²) >= 11 is 5.97. The van der Waals surface area contributed by atoms with Crippen molar-refractivity contribution in [3.63, 3.8) is 0 Å². The highest BCUT2D eigenvalue weighted by molar-refractivity contribution is 6.30. The zero-order chi connectivity index (χ0) is 22.4. The molecule has 31 heavy (non-hydrogen) atoms. The summed E-state index contributed by atoms with van der Waals surface area (Å²) in [5, 5.41) is 7.86. The molecular formula is C24H27ClN4O2. The van der Waals surface area contributed by atoms with Crippen molar-refractivity contribution in [2.45, 2.75) is 26.8 Å². The van der Waals surface area contributed by atoms with E-state index in [2.05, 4.69) is 29.2 Å². The number of nitrogens with one attached hydrogen (secondary N) is 1. The highest BCUT2D eigenvalue weighted by atomic mass is 35.5. The average Bonchev–Trinajstić information content (AvgIpc) is 2.78. The van der Waals surface area contributed by atoms with E-state index in [0.717, 1.165) is 24.3 Å². The quantitative estimate of drug-likeness (QED) is 0.577. The number of benzene rings is 2. The molecule has 1 N–H and O–H groups in total. The maximum atomic E-state index is 12.9. The van der Waals surface area contributed by atoms with Gasteiger partial charge in [-0.1, -0.05) is 55.8 Å². The number of amides is 1. The van der Waals surface area contributed by atoms with Gasteiger partial charge in [0.2, 0.25) is 5.43 Å². The van der Waals surface area contributed by atoms with Crippen molar-refractivity contribution in [3.05, 3.63) is 92.9 Å². The largest absolute Gasteiger partial charge is 0.349 e. The average molecular weight is 439 g/mol. The first-order chi connectivity index (χ1) is 14.9. The second kappa shape index (κ2) is 10.4. The van der Waals surface area contributed by atoms with E-state index in [1.165, 1.54) is 6.07 Å². The Morgan fingerprint density at radius 3 is 2.35 bits per heavy atom. The van der Waals surface area contributed by atoms with Crippen molar-refractivity contribution >= 4 is 17.5 Å². The zero-order valence-electron chi connectivity index (χ0n) is 18.0. The van der Waals surface area contributed by atoms with Crippen LogP contribution in [0, 0.1) is 6.92 Å². The van der Waals surface area contributed by atoms with Crippen LogP contribution in [-0.4, -0.2) is 40.2 Å². The van der Waals surface area contributed by atoms with E-state index >= 15 is 0 Å². The molecule has 3 aromatic rings. The van der Waals surface area contributed by atoms with E-state index in [4.69, 9.17) is 11.6 Å². The predicted molar refractivity (Wildman–Crippen MR) is 124 cm³/mol. The highest BCUT2D eigenvalue weighted by Gasteiger charge is 2.21. The van der Waals surface area contributed by atoms with Crippen molar-refractivity contribution in [1.82, 2.24) is 20.0 Å².